The molecule has 1 amide bonds. The maximum atomic E-state index is 13.2. The molecule has 2 N–H and O–H groups in total. The van der Waals surface area contributed by atoms with Crippen molar-refractivity contribution >= 4 is 25.6 Å². The summed E-state index contributed by atoms with van der Waals surface area (Å²) < 4.78 is 17.3. The summed E-state index contributed by atoms with van der Waals surface area (Å²) in [5.74, 6) is -1.32. The third-order valence-corrected chi connectivity index (χ3v) is 9.19. The molecule has 0 unspecified atom stereocenters. The van der Waals surface area contributed by atoms with Crippen molar-refractivity contribution in [2.45, 2.75) is 92.2 Å². The van der Waals surface area contributed by atoms with Gasteiger partial charge in [0.05, 0.1) is 0 Å². The van der Waals surface area contributed by atoms with Gasteiger partial charge < -0.3 is 0 Å². The molecule has 0 aliphatic carbocycles. The molecule has 2 aliphatic heterocycles. The molecule has 0 aromatic heterocycles. The fraction of sp³-hybridized carbons (Fsp3) is 0.857. The standard InChI is InChI=1S/C21H40N3O6P/c1-7-11-13-24(14-12-8-2)21(27)30-31(22-17(15(5)9-3)19(25)28-31)23-18(16(6)10-4)20(26)29-31/h15-18,22-23H,7-14H2,1-6H3/t15-,16-,17-,18-/m0/s1. The second-order valence-electron chi connectivity index (χ2n) is 8.74. The molecule has 2 rings (SSSR count). The summed E-state index contributed by atoms with van der Waals surface area (Å²) in [7, 11) is -4.73. The number of rotatable bonds is 11. The maximum absolute atomic E-state index is 13.2. The Balaban J connectivity index is 2.38. The molecule has 1 spiro atoms. The molecular formula is C21H40N3O6P. The van der Waals surface area contributed by atoms with E-state index in [0.29, 0.717) is 25.9 Å². The van der Waals surface area contributed by atoms with Gasteiger partial charge in [-0.3, -0.25) is 0 Å². The molecule has 31 heavy (non-hydrogen) atoms. The molecular weight excluding hydrogens is 421 g/mol. The van der Waals surface area contributed by atoms with E-state index in [1.54, 1.807) is 4.90 Å². The molecule has 2 aliphatic rings. The minimum atomic E-state index is -4.73. The van der Waals surface area contributed by atoms with Crippen LogP contribution in [0.1, 0.15) is 80.1 Å². The normalized spacial score (nSPS) is 27.1. The molecule has 180 valence electrons. The fourth-order valence-electron chi connectivity index (χ4n) is 3.66. The van der Waals surface area contributed by atoms with Gasteiger partial charge >= 0.3 is 186 Å². The van der Waals surface area contributed by atoms with Crippen LogP contribution in [0.25, 0.3) is 0 Å². The molecule has 2 fully saturated rings. The van der Waals surface area contributed by atoms with Crippen molar-refractivity contribution in [2.24, 2.45) is 11.8 Å². The average Bonchev–Trinajstić information content (AvgIpc) is 3.19. The van der Waals surface area contributed by atoms with Gasteiger partial charge in [0, 0.05) is 0 Å². The molecule has 0 bridgehead atoms. The van der Waals surface area contributed by atoms with Gasteiger partial charge in [0.1, 0.15) is 0 Å². The summed E-state index contributed by atoms with van der Waals surface area (Å²) >= 11 is 0. The van der Waals surface area contributed by atoms with E-state index in [0.717, 1.165) is 25.7 Å². The Morgan fingerprint density at radius 2 is 1.35 bits per heavy atom. The van der Waals surface area contributed by atoms with Gasteiger partial charge in [-0.15, -0.1) is 0 Å². The Labute approximate surface area is 186 Å². The van der Waals surface area contributed by atoms with E-state index in [-0.39, 0.29) is 11.8 Å². The SMILES string of the molecule is CCCCN(CCCC)C(=O)OP12(N[C@@H]([C@@H](C)CC)C(=O)O1)N[C@@H]([C@@H](C)CC)C(=O)O2. The van der Waals surface area contributed by atoms with Gasteiger partial charge in [0.25, 0.3) is 0 Å². The minimum absolute atomic E-state index is 0.0906. The number of nitrogens with one attached hydrogen (secondary N) is 2. The zero-order valence-corrected chi connectivity index (χ0v) is 20.7. The van der Waals surface area contributed by atoms with Crippen molar-refractivity contribution in [2.75, 3.05) is 13.1 Å². The van der Waals surface area contributed by atoms with E-state index < -0.39 is 37.7 Å². The number of carbonyl (C=O) groups is 3. The Morgan fingerprint density at radius 3 is 1.71 bits per heavy atom. The van der Waals surface area contributed by atoms with Crippen LogP contribution in [0.2, 0.25) is 0 Å². The van der Waals surface area contributed by atoms with Crippen LogP contribution < -0.4 is 10.2 Å². The number of nitrogens with zero attached hydrogens (tertiary/aromatic N) is 1. The van der Waals surface area contributed by atoms with Crippen molar-refractivity contribution in [3.8, 4) is 0 Å². The molecule has 0 radical (unpaired) electrons. The zero-order valence-electron chi connectivity index (χ0n) is 19.8. The second kappa shape index (κ2) is 10.5. The number of hydrogen-bond acceptors (Lipinski definition) is 8. The van der Waals surface area contributed by atoms with Crippen LogP contribution in [0, 0.1) is 11.8 Å². The average molecular weight is 462 g/mol. The van der Waals surface area contributed by atoms with Gasteiger partial charge in [-0.25, -0.2) is 0 Å². The molecule has 2 heterocycles. The Bertz CT molecular complexity index is 630. The van der Waals surface area contributed by atoms with Crippen molar-refractivity contribution in [3.63, 3.8) is 0 Å². The van der Waals surface area contributed by atoms with E-state index in [4.69, 9.17) is 13.6 Å². The van der Waals surface area contributed by atoms with Crippen LogP contribution in [-0.4, -0.2) is 48.1 Å². The van der Waals surface area contributed by atoms with E-state index in [2.05, 4.69) is 10.2 Å². The van der Waals surface area contributed by atoms with E-state index in [1.807, 2.05) is 41.5 Å². The van der Waals surface area contributed by atoms with Gasteiger partial charge in [0.2, 0.25) is 0 Å². The quantitative estimate of drug-likeness (QED) is 0.439. The van der Waals surface area contributed by atoms with Gasteiger partial charge in [0.15, 0.2) is 0 Å². The number of hydrogen-bond donors (Lipinski definition) is 2. The van der Waals surface area contributed by atoms with Crippen LogP contribution >= 0.6 is 7.59 Å². The number of unbranched alkanes of at least 4 members (excludes halogenated alkanes) is 2. The molecule has 2 saturated heterocycles. The first-order chi connectivity index (χ1) is 14.6. The molecule has 0 aromatic rings. The first kappa shape index (κ1) is 25.8. The van der Waals surface area contributed by atoms with E-state index in [9.17, 15) is 14.4 Å². The Morgan fingerprint density at radius 1 is 0.935 bits per heavy atom. The van der Waals surface area contributed by atoms with Gasteiger partial charge in [-0.05, 0) is 0 Å². The monoisotopic (exact) mass is 461 g/mol. The van der Waals surface area contributed by atoms with Crippen molar-refractivity contribution in [3.05, 3.63) is 0 Å². The third-order valence-electron chi connectivity index (χ3n) is 6.23. The first-order valence-electron chi connectivity index (χ1n) is 11.7. The number of amides is 1. The molecule has 0 saturated carbocycles. The van der Waals surface area contributed by atoms with E-state index in [1.165, 1.54) is 0 Å². The first-order valence-corrected chi connectivity index (χ1v) is 13.7. The molecule has 9 nitrogen and oxygen atoms in total. The van der Waals surface area contributed by atoms with Gasteiger partial charge in [-0.2, -0.15) is 0 Å². The summed E-state index contributed by atoms with van der Waals surface area (Å²) in [5.41, 5.74) is 0. The number of carbonyl (C=O) groups excluding carboxylic acids is 3. The predicted octanol–water partition coefficient (Wildman–Crippen LogP) is 4.28. The van der Waals surface area contributed by atoms with Crippen LogP contribution in [0.15, 0.2) is 0 Å². The van der Waals surface area contributed by atoms with Crippen molar-refractivity contribution < 1.29 is 28.0 Å². The fourth-order valence-corrected chi connectivity index (χ4v) is 7.12. The summed E-state index contributed by atoms with van der Waals surface area (Å²) in [6.07, 6.45) is 4.25. The predicted molar refractivity (Wildman–Crippen MR) is 120 cm³/mol. The summed E-state index contributed by atoms with van der Waals surface area (Å²) in [6, 6.07) is -1.46. The Kier molecular flexibility index (Phi) is 8.70. The van der Waals surface area contributed by atoms with Crippen LogP contribution in [0.3, 0.4) is 0 Å². The Hall–Kier alpha value is -1.44. The molecule has 10 heteroatoms. The van der Waals surface area contributed by atoms with Crippen molar-refractivity contribution in [1.82, 2.24) is 15.1 Å². The van der Waals surface area contributed by atoms with E-state index >= 15 is 0 Å². The topological polar surface area (TPSA) is 106 Å². The zero-order chi connectivity index (χ0) is 23.3. The van der Waals surface area contributed by atoms with Crippen LogP contribution in [0.4, 0.5) is 4.79 Å². The molecule has 0 aromatic carbocycles. The summed E-state index contributed by atoms with van der Waals surface area (Å²) in [5, 5.41) is 6.11. The van der Waals surface area contributed by atoms with Crippen molar-refractivity contribution in [1.29, 1.82) is 0 Å². The third kappa shape index (κ3) is 5.49. The summed E-state index contributed by atoms with van der Waals surface area (Å²) in [6.45, 7) is 12.9. The molecule has 4 atom stereocenters. The van der Waals surface area contributed by atoms with Gasteiger partial charge in [-0.1, -0.05) is 0 Å². The summed E-state index contributed by atoms with van der Waals surface area (Å²) in [4.78, 5) is 40.5. The second-order valence-corrected chi connectivity index (χ2v) is 11.6. The van der Waals surface area contributed by atoms with Crippen LogP contribution in [0.5, 0.6) is 0 Å². The van der Waals surface area contributed by atoms with Crippen LogP contribution in [-0.2, 0) is 23.2 Å².